The predicted octanol–water partition coefficient (Wildman–Crippen LogP) is 5.70. The molecule has 1 unspecified atom stereocenters. The summed E-state index contributed by atoms with van der Waals surface area (Å²) in [6.45, 7) is 3.79. The predicted molar refractivity (Wildman–Crippen MR) is 140 cm³/mol. The van der Waals surface area contributed by atoms with Crippen LogP contribution in [-0.2, 0) is 0 Å². The lowest BCUT2D eigenvalue weighted by Crippen LogP contribution is -2.12. The Morgan fingerprint density at radius 3 is 2.62 bits per heavy atom. The number of hydrogen-bond acceptors (Lipinski definition) is 6. The molecule has 0 radical (unpaired) electrons. The van der Waals surface area contributed by atoms with Crippen LogP contribution in [0.5, 0.6) is 0 Å². The third-order valence-corrected chi connectivity index (χ3v) is 6.13. The number of anilines is 1. The molecule has 37 heavy (non-hydrogen) atoms. The summed E-state index contributed by atoms with van der Waals surface area (Å²) in [5.41, 5.74) is 4.41. The van der Waals surface area contributed by atoms with Crippen molar-refractivity contribution in [3.05, 3.63) is 112 Å². The first-order valence-electron chi connectivity index (χ1n) is 11.6. The highest BCUT2D eigenvalue weighted by atomic mass is 16.4. The van der Waals surface area contributed by atoms with Crippen LogP contribution < -0.4 is 10.7 Å². The van der Waals surface area contributed by atoms with Crippen LogP contribution in [0.15, 0.2) is 88.3 Å². The van der Waals surface area contributed by atoms with E-state index in [0.29, 0.717) is 33.5 Å². The van der Waals surface area contributed by atoms with E-state index in [0.717, 1.165) is 16.8 Å². The highest BCUT2D eigenvalue weighted by Crippen LogP contribution is 2.31. The minimum atomic E-state index is -1.03. The lowest BCUT2D eigenvalue weighted by Gasteiger charge is -2.19. The fourth-order valence-corrected chi connectivity index (χ4v) is 4.28. The van der Waals surface area contributed by atoms with Crippen LogP contribution in [0.25, 0.3) is 28.0 Å². The van der Waals surface area contributed by atoms with Gasteiger partial charge in [0.05, 0.1) is 46.1 Å². The number of para-hydroxylation sites is 1. The number of hydrogen-bond donors (Lipinski definition) is 2. The number of nitrogens with one attached hydrogen (secondary N) is 1. The number of rotatable bonds is 6. The molecule has 0 aliphatic heterocycles. The topological polar surface area (TPSA) is 121 Å². The van der Waals surface area contributed by atoms with Crippen LogP contribution in [0, 0.1) is 18.3 Å². The minimum absolute atomic E-state index is 0.156. The average Bonchev–Trinajstić information content (AvgIpc) is 3.39. The molecule has 0 aliphatic rings. The SMILES string of the molecule is Cc1cc(C(C)Nc2ccccc2C(=O)O)c2oc(-c3cnn(-c4ccc(C#N)cc4)c3)cc(=O)c2c1. The molecule has 182 valence electrons. The fraction of sp³-hybridized carbons (Fsp3) is 0.103. The van der Waals surface area contributed by atoms with Gasteiger partial charge in [-0.15, -0.1) is 0 Å². The van der Waals surface area contributed by atoms with Crippen LogP contribution in [0.2, 0.25) is 0 Å². The maximum absolute atomic E-state index is 13.1. The van der Waals surface area contributed by atoms with Crippen molar-refractivity contribution in [2.75, 3.05) is 5.32 Å². The summed E-state index contributed by atoms with van der Waals surface area (Å²) < 4.78 is 7.93. The van der Waals surface area contributed by atoms with Crippen LogP contribution in [0.4, 0.5) is 5.69 Å². The number of fused-ring (bicyclic) bond motifs is 1. The van der Waals surface area contributed by atoms with E-state index in [1.165, 1.54) is 12.1 Å². The van der Waals surface area contributed by atoms with Gasteiger partial charge in [0.1, 0.15) is 11.3 Å². The molecule has 0 saturated carbocycles. The van der Waals surface area contributed by atoms with Crippen molar-refractivity contribution >= 4 is 22.6 Å². The molecule has 5 rings (SSSR count). The van der Waals surface area contributed by atoms with Crippen molar-refractivity contribution in [3.63, 3.8) is 0 Å². The van der Waals surface area contributed by atoms with Crippen LogP contribution >= 0.6 is 0 Å². The van der Waals surface area contributed by atoms with Gasteiger partial charge in [-0.1, -0.05) is 18.2 Å². The Kier molecular flexibility index (Phi) is 6.04. The van der Waals surface area contributed by atoms with E-state index < -0.39 is 5.97 Å². The zero-order valence-electron chi connectivity index (χ0n) is 20.1. The van der Waals surface area contributed by atoms with E-state index in [1.54, 1.807) is 65.6 Å². The molecule has 1 atom stereocenters. The van der Waals surface area contributed by atoms with Crippen molar-refractivity contribution < 1.29 is 14.3 Å². The Morgan fingerprint density at radius 1 is 1.14 bits per heavy atom. The van der Waals surface area contributed by atoms with Gasteiger partial charge in [0, 0.05) is 23.5 Å². The van der Waals surface area contributed by atoms with Crippen molar-refractivity contribution in [2.45, 2.75) is 19.9 Å². The smallest absolute Gasteiger partial charge is 0.337 e. The summed E-state index contributed by atoms with van der Waals surface area (Å²) in [4.78, 5) is 24.8. The van der Waals surface area contributed by atoms with Gasteiger partial charge in [-0.2, -0.15) is 10.4 Å². The molecule has 0 spiro atoms. The molecule has 0 saturated heterocycles. The molecule has 2 N–H and O–H groups in total. The van der Waals surface area contributed by atoms with E-state index in [2.05, 4.69) is 16.5 Å². The number of aromatic carboxylic acids is 1. The number of nitrogens with zero attached hydrogens (tertiary/aromatic N) is 3. The Labute approximate surface area is 212 Å². The van der Waals surface area contributed by atoms with E-state index in [4.69, 9.17) is 9.68 Å². The number of aryl methyl sites for hydroxylation is 1. The van der Waals surface area contributed by atoms with Crippen molar-refractivity contribution in [1.29, 1.82) is 5.26 Å². The molecule has 8 heteroatoms. The molecule has 5 aromatic rings. The fourth-order valence-electron chi connectivity index (χ4n) is 4.28. The van der Waals surface area contributed by atoms with Crippen molar-refractivity contribution in [2.24, 2.45) is 0 Å². The van der Waals surface area contributed by atoms with E-state index in [1.807, 2.05) is 19.9 Å². The maximum atomic E-state index is 13.1. The summed E-state index contributed by atoms with van der Waals surface area (Å²) >= 11 is 0. The van der Waals surface area contributed by atoms with Gasteiger partial charge in [-0.05, 0) is 61.9 Å². The van der Waals surface area contributed by atoms with E-state index >= 15 is 0 Å². The van der Waals surface area contributed by atoms with Gasteiger partial charge in [0.25, 0.3) is 0 Å². The molecule has 2 heterocycles. The minimum Gasteiger partial charge on any atom is -0.478 e. The number of benzene rings is 3. The first-order valence-corrected chi connectivity index (χ1v) is 11.6. The molecule has 0 fully saturated rings. The molecule has 0 aliphatic carbocycles. The van der Waals surface area contributed by atoms with Crippen LogP contribution in [0.3, 0.4) is 0 Å². The molecule has 8 nitrogen and oxygen atoms in total. The lowest BCUT2D eigenvalue weighted by atomic mass is 10.0. The van der Waals surface area contributed by atoms with Gasteiger partial charge >= 0.3 is 5.97 Å². The van der Waals surface area contributed by atoms with Crippen LogP contribution in [-0.4, -0.2) is 20.9 Å². The zero-order chi connectivity index (χ0) is 26.1. The second kappa shape index (κ2) is 9.47. The van der Waals surface area contributed by atoms with E-state index in [9.17, 15) is 14.7 Å². The van der Waals surface area contributed by atoms with E-state index in [-0.39, 0.29) is 17.0 Å². The normalized spacial score (nSPS) is 11.7. The lowest BCUT2D eigenvalue weighted by molar-refractivity contribution is 0.0698. The molecular formula is C29H22N4O4. The second-order valence-electron chi connectivity index (χ2n) is 8.75. The Bertz CT molecular complexity index is 1740. The highest BCUT2D eigenvalue weighted by Gasteiger charge is 2.19. The summed E-state index contributed by atoms with van der Waals surface area (Å²) in [7, 11) is 0. The number of carbonyl (C=O) groups is 1. The summed E-state index contributed by atoms with van der Waals surface area (Å²) in [6.07, 6.45) is 3.37. The first-order chi connectivity index (χ1) is 17.8. The van der Waals surface area contributed by atoms with Gasteiger partial charge in [0.2, 0.25) is 0 Å². The molecule has 3 aromatic carbocycles. The zero-order valence-corrected chi connectivity index (χ0v) is 20.1. The van der Waals surface area contributed by atoms with Crippen LogP contribution in [0.1, 0.15) is 40.0 Å². The Balaban J connectivity index is 1.56. The monoisotopic (exact) mass is 490 g/mol. The number of aromatic nitrogens is 2. The standard InChI is InChI=1S/C29H22N4O4/c1-17-11-23(18(2)32-25-6-4-3-5-22(25)29(35)36)28-24(12-17)26(34)13-27(37-28)20-15-31-33(16-20)21-9-7-19(14-30)8-10-21/h3-13,15-16,18,32H,1-2H3,(H,35,36). The quantitative estimate of drug-likeness (QED) is 0.313. The molecule has 0 bridgehead atoms. The molecule has 0 amide bonds. The molecule has 2 aromatic heterocycles. The first kappa shape index (κ1) is 23.6. The van der Waals surface area contributed by atoms with Gasteiger partial charge < -0.3 is 14.8 Å². The second-order valence-corrected chi connectivity index (χ2v) is 8.75. The number of carboxylic acid groups (broad SMARTS) is 1. The molecular weight excluding hydrogens is 468 g/mol. The summed E-state index contributed by atoms with van der Waals surface area (Å²) in [6, 6.07) is 20.6. The summed E-state index contributed by atoms with van der Waals surface area (Å²) in [5.74, 6) is -0.668. The van der Waals surface area contributed by atoms with Gasteiger partial charge in [0.15, 0.2) is 5.43 Å². The van der Waals surface area contributed by atoms with Gasteiger partial charge in [-0.25, -0.2) is 9.48 Å². The Hall–Kier alpha value is -5.16. The third-order valence-electron chi connectivity index (χ3n) is 6.13. The third kappa shape index (κ3) is 4.58. The highest BCUT2D eigenvalue weighted by molar-refractivity contribution is 5.94. The number of carboxylic acids is 1. The Morgan fingerprint density at radius 2 is 1.89 bits per heavy atom. The van der Waals surface area contributed by atoms with Crippen molar-refractivity contribution in [1.82, 2.24) is 9.78 Å². The average molecular weight is 491 g/mol. The maximum Gasteiger partial charge on any atom is 0.337 e. The van der Waals surface area contributed by atoms with Crippen molar-refractivity contribution in [3.8, 4) is 23.1 Å². The van der Waals surface area contributed by atoms with Gasteiger partial charge in [-0.3, -0.25) is 4.79 Å². The summed E-state index contributed by atoms with van der Waals surface area (Å²) in [5, 5.41) is 26.7. The largest absolute Gasteiger partial charge is 0.478 e. The number of nitriles is 1.